The van der Waals surface area contributed by atoms with Crippen LogP contribution in [-0.4, -0.2) is 63.2 Å². The molecule has 2 saturated heterocycles. The number of carbonyl (C=O) groups excluding carboxylic acids is 2. The van der Waals surface area contributed by atoms with Crippen molar-refractivity contribution < 1.29 is 19.1 Å². The Kier molecular flexibility index (Phi) is 5.40. The number of hydrogen-bond donors (Lipinski definition) is 0. The van der Waals surface area contributed by atoms with Crippen molar-refractivity contribution in [3.8, 4) is 11.5 Å². The van der Waals surface area contributed by atoms with Crippen molar-refractivity contribution in [1.82, 2.24) is 4.90 Å². The second kappa shape index (κ2) is 8.13. The summed E-state index contributed by atoms with van der Waals surface area (Å²) >= 11 is 0. The van der Waals surface area contributed by atoms with Gasteiger partial charge in [-0.05, 0) is 36.4 Å². The summed E-state index contributed by atoms with van der Waals surface area (Å²) < 4.78 is 10.6. The highest BCUT2D eigenvalue weighted by Gasteiger charge is 2.44. The van der Waals surface area contributed by atoms with Gasteiger partial charge in [0, 0.05) is 31.9 Å². The van der Waals surface area contributed by atoms with Crippen molar-refractivity contribution in [2.24, 2.45) is 0 Å². The minimum absolute atomic E-state index is 0.169. The summed E-state index contributed by atoms with van der Waals surface area (Å²) in [5.74, 6) is 1.01. The third-order valence-corrected chi connectivity index (χ3v) is 5.64. The number of nitrogens with zero attached hydrogens (tertiary/aromatic N) is 3. The molecule has 0 spiro atoms. The summed E-state index contributed by atoms with van der Waals surface area (Å²) in [5.41, 5.74) is 1.65. The Hall–Kier alpha value is -3.06. The molecule has 0 bridgehead atoms. The van der Waals surface area contributed by atoms with Crippen LogP contribution in [0.5, 0.6) is 11.5 Å². The van der Waals surface area contributed by atoms with Crippen molar-refractivity contribution in [3.63, 3.8) is 0 Å². The lowest BCUT2D eigenvalue weighted by Gasteiger charge is -2.38. The van der Waals surface area contributed by atoms with Gasteiger partial charge in [0.2, 0.25) is 5.91 Å². The van der Waals surface area contributed by atoms with E-state index in [1.54, 1.807) is 32.4 Å². The summed E-state index contributed by atoms with van der Waals surface area (Å²) in [4.78, 5) is 31.4. The molecule has 2 aromatic carbocycles. The average Bonchev–Trinajstić information content (AvgIpc) is 3.07. The van der Waals surface area contributed by atoms with Gasteiger partial charge in [-0.25, -0.2) is 4.90 Å². The molecule has 2 aromatic rings. The minimum atomic E-state index is -0.412. The second-order valence-electron chi connectivity index (χ2n) is 7.18. The van der Waals surface area contributed by atoms with Crippen LogP contribution in [-0.2, 0) is 9.59 Å². The number of benzene rings is 2. The van der Waals surface area contributed by atoms with E-state index in [1.807, 2.05) is 30.3 Å². The van der Waals surface area contributed by atoms with E-state index in [4.69, 9.17) is 9.47 Å². The molecular formula is C22H25N3O4. The van der Waals surface area contributed by atoms with Crippen molar-refractivity contribution in [2.45, 2.75) is 12.5 Å². The summed E-state index contributed by atoms with van der Waals surface area (Å²) in [6, 6.07) is 14.7. The summed E-state index contributed by atoms with van der Waals surface area (Å²) in [7, 11) is 3.20. The van der Waals surface area contributed by atoms with Crippen molar-refractivity contribution in [3.05, 3.63) is 48.5 Å². The van der Waals surface area contributed by atoms with E-state index in [9.17, 15) is 9.59 Å². The molecule has 29 heavy (non-hydrogen) atoms. The van der Waals surface area contributed by atoms with Crippen LogP contribution < -0.4 is 19.3 Å². The van der Waals surface area contributed by atoms with E-state index >= 15 is 0 Å². The lowest BCUT2D eigenvalue weighted by Crippen LogP contribution is -2.52. The van der Waals surface area contributed by atoms with E-state index in [-0.39, 0.29) is 18.2 Å². The van der Waals surface area contributed by atoms with Crippen LogP contribution in [0.3, 0.4) is 0 Å². The number of amides is 2. The van der Waals surface area contributed by atoms with E-state index in [0.29, 0.717) is 11.4 Å². The Morgan fingerprint density at radius 2 is 1.55 bits per heavy atom. The Morgan fingerprint density at radius 3 is 2.21 bits per heavy atom. The predicted molar refractivity (Wildman–Crippen MR) is 111 cm³/mol. The lowest BCUT2D eigenvalue weighted by atomic mass is 10.1. The van der Waals surface area contributed by atoms with Gasteiger partial charge in [0.1, 0.15) is 11.5 Å². The predicted octanol–water partition coefficient (Wildman–Crippen LogP) is 2.16. The second-order valence-corrected chi connectivity index (χ2v) is 7.18. The zero-order valence-electron chi connectivity index (χ0n) is 16.7. The monoisotopic (exact) mass is 395 g/mol. The van der Waals surface area contributed by atoms with Gasteiger partial charge in [0.25, 0.3) is 5.91 Å². The average molecular weight is 395 g/mol. The number of rotatable bonds is 5. The number of piperazine rings is 1. The summed E-state index contributed by atoms with van der Waals surface area (Å²) in [6.45, 7) is 3.07. The molecule has 0 aliphatic carbocycles. The molecule has 7 heteroatoms. The van der Waals surface area contributed by atoms with Crippen LogP contribution in [0.4, 0.5) is 11.4 Å². The summed E-state index contributed by atoms with van der Waals surface area (Å²) in [5, 5.41) is 0. The normalized spacial score (nSPS) is 20.3. The number of methoxy groups -OCH3 is 2. The van der Waals surface area contributed by atoms with Crippen LogP contribution in [0, 0.1) is 0 Å². The Morgan fingerprint density at radius 1 is 0.862 bits per heavy atom. The lowest BCUT2D eigenvalue weighted by molar-refractivity contribution is -0.123. The third kappa shape index (κ3) is 3.65. The maximum absolute atomic E-state index is 13.1. The molecule has 152 valence electrons. The summed E-state index contributed by atoms with van der Waals surface area (Å²) in [6.07, 6.45) is 0.208. The zero-order chi connectivity index (χ0) is 20.4. The molecule has 2 heterocycles. The molecule has 2 fully saturated rings. The maximum atomic E-state index is 13.1. The maximum Gasteiger partial charge on any atom is 0.251 e. The van der Waals surface area contributed by atoms with Crippen LogP contribution in [0.25, 0.3) is 0 Å². The highest BCUT2D eigenvalue weighted by atomic mass is 16.5. The highest BCUT2D eigenvalue weighted by Crippen LogP contribution is 2.33. The van der Waals surface area contributed by atoms with E-state index in [1.165, 1.54) is 4.90 Å². The van der Waals surface area contributed by atoms with Gasteiger partial charge < -0.3 is 14.4 Å². The molecule has 0 N–H and O–H groups in total. The van der Waals surface area contributed by atoms with E-state index in [0.717, 1.165) is 37.6 Å². The van der Waals surface area contributed by atoms with Gasteiger partial charge >= 0.3 is 0 Å². The third-order valence-electron chi connectivity index (χ3n) is 5.64. The number of imide groups is 1. The molecule has 2 aliphatic rings. The van der Waals surface area contributed by atoms with Crippen LogP contribution in [0.2, 0.25) is 0 Å². The van der Waals surface area contributed by atoms with Gasteiger partial charge in [-0.1, -0.05) is 12.1 Å². The SMILES string of the molecule is COc1ccc(N2CCN([C@H]3CC(=O)N(c4ccccc4OC)C3=O)CC2)cc1. The Balaban J connectivity index is 1.43. The molecular weight excluding hydrogens is 370 g/mol. The van der Waals surface area contributed by atoms with Crippen LogP contribution >= 0.6 is 0 Å². The van der Waals surface area contributed by atoms with E-state index in [2.05, 4.69) is 9.80 Å². The molecule has 0 aromatic heterocycles. The molecule has 0 unspecified atom stereocenters. The number of para-hydroxylation sites is 2. The fourth-order valence-corrected chi connectivity index (χ4v) is 4.05. The van der Waals surface area contributed by atoms with Crippen molar-refractivity contribution in [2.75, 3.05) is 50.2 Å². The molecule has 2 aliphatic heterocycles. The fraction of sp³-hybridized carbons (Fsp3) is 0.364. The number of anilines is 2. The van der Waals surface area contributed by atoms with Gasteiger partial charge in [0.05, 0.1) is 32.4 Å². The molecule has 0 saturated carbocycles. The molecule has 2 amide bonds. The van der Waals surface area contributed by atoms with Crippen LogP contribution in [0.15, 0.2) is 48.5 Å². The van der Waals surface area contributed by atoms with E-state index < -0.39 is 6.04 Å². The van der Waals surface area contributed by atoms with Gasteiger partial charge in [-0.2, -0.15) is 0 Å². The smallest absolute Gasteiger partial charge is 0.251 e. The minimum Gasteiger partial charge on any atom is -0.497 e. The van der Waals surface area contributed by atoms with Gasteiger partial charge in [-0.3, -0.25) is 14.5 Å². The molecule has 7 nitrogen and oxygen atoms in total. The van der Waals surface area contributed by atoms with Gasteiger partial charge in [0.15, 0.2) is 0 Å². The Bertz CT molecular complexity index is 891. The highest BCUT2D eigenvalue weighted by molar-refractivity contribution is 6.23. The first kappa shape index (κ1) is 19.3. The zero-order valence-corrected chi connectivity index (χ0v) is 16.7. The number of carbonyl (C=O) groups is 2. The fourth-order valence-electron chi connectivity index (χ4n) is 4.05. The largest absolute Gasteiger partial charge is 0.497 e. The first-order chi connectivity index (χ1) is 14.1. The quantitative estimate of drug-likeness (QED) is 0.723. The van der Waals surface area contributed by atoms with Gasteiger partial charge in [-0.15, -0.1) is 0 Å². The van der Waals surface area contributed by atoms with Crippen LogP contribution in [0.1, 0.15) is 6.42 Å². The Labute approximate surface area is 170 Å². The topological polar surface area (TPSA) is 62.3 Å². The molecule has 4 rings (SSSR count). The van der Waals surface area contributed by atoms with Crippen molar-refractivity contribution >= 4 is 23.2 Å². The number of ether oxygens (including phenoxy) is 2. The molecule has 0 radical (unpaired) electrons. The first-order valence-electron chi connectivity index (χ1n) is 9.75. The molecule has 1 atom stereocenters. The number of hydrogen-bond acceptors (Lipinski definition) is 6. The van der Waals surface area contributed by atoms with Crippen molar-refractivity contribution in [1.29, 1.82) is 0 Å². The first-order valence-corrected chi connectivity index (χ1v) is 9.75. The standard InChI is InChI=1S/C22H25N3O4/c1-28-17-9-7-16(8-10-17)23-11-13-24(14-12-23)19-15-21(26)25(22(19)27)18-5-3-4-6-20(18)29-2/h3-10,19H,11-15H2,1-2H3/t19-/m0/s1.